The Bertz CT molecular complexity index is 559. The second kappa shape index (κ2) is 3.84. The number of hydrogen-bond acceptors (Lipinski definition) is 5. The quantitative estimate of drug-likeness (QED) is 0.906. The van der Waals surface area contributed by atoms with Gasteiger partial charge in [-0.25, -0.2) is 4.98 Å². The number of anilines is 2. The van der Waals surface area contributed by atoms with Crippen LogP contribution in [0.4, 0.5) is 11.8 Å². The van der Waals surface area contributed by atoms with Crippen LogP contribution in [0.3, 0.4) is 0 Å². The summed E-state index contributed by atoms with van der Waals surface area (Å²) in [6, 6.07) is 2.85. The molecule has 0 aromatic carbocycles. The second-order valence-corrected chi connectivity index (χ2v) is 5.77. The van der Waals surface area contributed by atoms with E-state index in [0.29, 0.717) is 12.0 Å². The number of aromatic nitrogens is 2. The zero-order valence-corrected chi connectivity index (χ0v) is 11.1. The van der Waals surface area contributed by atoms with Crippen LogP contribution < -0.4 is 10.2 Å². The fourth-order valence-corrected chi connectivity index (χ4v) is 2.92. The molecule has 5 heteroatoms. The van der Waals surface area contributed by atoms with Gasteiger partial charge >= 0.3 is 0 Å². The van der Waals surface area contributed by atoms with Crippen LogP contribution in [0.15, 0.2) is 6.07 Å². The molecule has 0 bridgehead atoms. The zero-order valence-electron chi connectivity index (χ0n) is 10.3. The molecule has 2 aromatic rings. The summed E-state index contributed by atoms with van der Waals surface area (Å²) in [5, 5.41) is 4.22. The van der Waals surface area contributed by atoms with E-state index in [9.17, 15) is 0 Å². The van der Waals surface area contributed by atoms with Crippen LogP contribution in [-0.2, 0) is 0 Å². The van der Waals surface area contributed by atoms with Gasteiger partial charge in [-0.2, -0.15) is 4.98 Å². The molecule has 1 fully saturated rings. The Kier molecular flexibility index (Phi) is 2.43. The highest BCUT2D eigenvalue weighted by molar-refractivity contribution is 7.18. The Morgan fingerprint density at radius 3 is 2.82 bits per heavy atom. The molecule has 1 N–H and O–H groups in total. The first-order valence-corrected chi connectivity index (χ1v) is 6.69. The molecule has 2 heterocycles. The van der Waals surface area contributed by atoms with E-state index in [-0.39, 0.29) is 0 Å². The summed E-state index contributed by atoms with van der Waals surface area (Å²) in [5.74, 6) is 1.77. The number of thiophene rings is 1. The minimum absolute atomic E-state index is 0.665. The topological polar surface area (TPSA) is 41.1 Å². The molecule has 0 spiro atoms. The molecule has 17 heavy (non-hydrogen) atoms. The van der Waals surface area contributed by atoms with Crippen molar-refractivity contribution in [3.05, 3.63) is 10.9 Å². The second-order valence-electron chi connectivity index (χ2n) is 4.54. The summed E-state index contributed by atoms with van der Waals surface area (Å²) in [5.41, 5.74) is 0. The fraction of sp³-hybridized carbons (Fsp3) is 0.500. The molecule has 0 radical (unpaired) electrons. The van der Waals surface area contributed by atoms with Gasteiger partial charge in [0.2, 0.25) is 5.95 Å². The van der Waals surface area contributed by atoms with E-state index in [1.54, 1.807) is 11.3 Å². The van der Waals surface area contributed by atoms with Gasteiger partial charge in [-0.15, -0.1) is 11.3 Å². The molecular formula is C12H16N4S. The molecule has 0 unspecified atom stereocenters. The highest BCUT2D eigenvalue weighted by atomic mass is 32.1. The minimum Gasteiger partial charge on any atom is -0.357 e. The van der Waals surface area contributed by atoms with Crippen molar-refractivity contribution < 1.29 is 0 Å². The van der Waals surface area contributed by atoms with Crippen LogP contribution in [0.5, 0.6) is 0 Å². The smallest absolute Gasteiger partial charge is 0.225 e. The number of hydrogen-bond donors (Lipinski definition) is 1. The van der Waals surface area contributed by atoms with E-state index in [2.05, 4.69) is 40.2 Å². The predicted molar refractivity (Wildman–Crippen MR) is 73.1 cm³/mol. The average molecular weight is 248 g/mol. The molecule has 90 valence electrons. The third-order valence-corrected chi connectivity index (χ3v) is 4.09. The summed E-state index contributed by atoms with van der Waals surface area (Å²) >= 11 is 1.73. The van der Waals surface area contributed by atoms with Crippen LogP contribution >= 0.6 is 11.3 Å². The van der Waals surface area contributed by atoms with Gasteiger partial charge in [-0.3, -0.25) is 0 Å². The standard InChI is InChI=1S/C12H16N4S/c1-7-6-9-10(16(3)8-4-5-8)14-12(13-2)15-11(9)17-7/h6,8H,4-5H2,1-3H3,(H,13,14,15). The van der Waals surface area contributed by atoms with Crippen LogP contribution in [-0.4, -0.2) is 30.1 Å². The van der Waals surface area contributed by atoms with Gasteiger partial charge in [0.1, 0.15) is 10.6 Å². The molecule has 1 aliphatic carbocycles. The molecule has 0 aliphatic heterocycles. The first kappa shape index (κ1) is 10.8. The monoisotopic (exact) mass is 248 g/mol. The third-order valence-electron chi connectivity index (χ3n) is 3.15. The Morgan fingerprint density at radius 1 is 1.41 bits per heavy atom. The summed E-state index contributed by atoms with van der Waals surface area (Å²) in [7, 11) is 3.99. The van der Waals surface area contributed by atoms with E-state index in [0.717, 1.165) is 10.6 Å². The summed E-state index contributed by atoms with van der Waals surface area (Å²) in [4.78, 5) is 13.8. The maximum Gasteiger partial charge on any atom is 0.225 e. The van der Waals surface area contributed by atoms with Crippen molar-refractivity contribution in [1.29, 1.82) is 0 Å². The van der Waals surface area contributed by atoms with E-state index in [1.165, 1.54) is 23.1 Å². The number of rotatable bonds is 3. The van der Waals surface area contributed by atoms with Crippen molar-refractivity contribution in [2.24, 2.45) is 0 Å². The maximum atomic E-state index is 4.60. The first-order valence-electron chi connectivity index (χ1n) is 5.88. The van der Waals surface area contributed by atoms with E-state index < -0.39 is 0 Å². The normalized spacial score (nSPS) is 15.2. The number of fused-ring (bicyclic) bond motifs is 1. The third kappa shape index (κ3) is 1.84. The zero-order chi connectivity index (χ0) is 12.0. The van der Waals surface area contributed by atoms with Crippen molar-refractivity contribution in [3.63, 3.8) is 0 Å². The fourth-order valence-electron chi connectivity index (χ4n) is 2.04. The lowest BCUT2D eigenvalue weighted by Gasteiger charge is -2.18. The Hall–Kier alpha value is -1.36. The van der Waals surface area contributed by atoms with Gasteiger partial charge in [0, 0.05) is 25.0 Å². The number of nitrogens with zero attached hydrogens (tertiary/aromatic N) is 3. The average Bonchev–Trinajstić information content (AvgIpc) is 3.09. The molecule has 0 atom stereocenters. The Balaban J connectivity index is 2.18. The van der Waals surface area contributed by atoms with E-state index in [1.807, 2.05) is 7.05 Å². The molecular weight excluding hydrogens is 232 g/mol. The van der Waals surface area contributed by atoms with Gasteiger partial charge in [-0.1, -0.05) is 0 Å². The van der Waals surface area contributed by atoms with E-state index in [4.69, 9.17) is 0 Å². The van der Waals surface area contributed by atoms with Gasteiger partial charge in [0.05, 0.1) is 5.39 Å². The maximum absolute atomic E-state index is 4.60. The lowest BCUT2D eigenvalue weighted by atomic mass is 10.3. The van der Waals surface area contributed by atoms with Crippen LogP contribution in [0.1, 0.15) is 17.7 Å². The highest BCUT2D eigenvalue weighted by Crippen LogP contribution is 2.36. The molecule has 2 aromatic heterocycles. The van der Waals surface area contributed by atoms with Crippen molar-refractivity contribution in [1.82, 2.24) is 9.97 Å². The van der Waals surface area contributed by atoms with Crippen molar-refractivity contribution in [2.45, 2.75) is 25.8 Å². The summed E-state index contributed by atoms with van der Waals surface area (Å²) < 4.78 is 0. The largest absolute Gasteiger partial charge is 0.357 e. The van der Waals surface area contributed by atoms with Crippen LogP contribution in [0.25, 0.3) is 10.2 Å². The Labute approximate surface area is 105 Å². The Morgan fingerprint density at radius 2 is 2.18 bits per heavy atom. The van der Waals surface area contributed by atoms with Crippen LogP contribution in [0.2, 0.25) is 0 Å². The first-order chi connectivity index (χ1) is 8.19. The predicted octanol–water partition coefficient (Wildman–Crippen LogP) is 2.64. The highest BCUT2D eigenvalue weighted by Gasteiger charge is 2.28. The molecule has 0 amide bonds. The van der Waals surface area contributed by atoms with Crippen molar-refractivity contribution >= 4 is 33.3 Å². The summed E-state index contributed by atoms with van der Waals surface area (Å²) in [6.07, 6.45) is 2.56. The molecule has 0 saturated heterocycles. The lowest BCUT2D eigenvalue weighted by Crippen LogP contribution is -2.21. The van der Waals surface area contributed by atoms with Gasteiger partial charge in [-0.05, 0) is 25.8 Å². The van der Waals surface area contributed by atoms with Gasteiger partial charge < -0.3 is 10.2 Å². The number of nitrogens with one attached hydrogen (secondary N) is 1. The van der Waals surface area contributed by atoms with Crippen molar-refractivity contribution in [2.75, 3.05) is 24.3 Å². The SMILES string of the molecule is CNc1nc(N(C)C2CC2)c2cc(C)sc2n1. The van der Waals surface area contributed by atoms with Crippen molar-refractivity contribution in [3.8, 4) is 0 Å². The summed E-state index contributed by atoms with van der Waals surface area (Å²) in [6.45, 7) is 2.12. The molecule has 1 aliphatic rings. The molecule has 3 rings (SSSR count). The van der Waals surface area contributed by atoms with Gasteiger partial charge in [0.25, 0.3) is 0 Å². The molecule has 4 nitrogen and oxygen atoms in total. The lowest BCUT2D eigenvalue weighted by molar-refractivity contribution is 0.896. The van der Waals surface area contributed by atoms with Gasteiger partial charge in [0.15, 0.2) is 0 Å². The molecule has 1 saturated carbocycles. The minimum atomic E-state index is 0.665. The van der Waals surface area contributed by atoms with E-state index >= 15 is 0 Å². The van der Waals surface area contributed by atoms with Crippen LogP contribution in [0, 0.1) is 6.92 Å². The number of aryl methyl sites for hydroxylation is 1.